The molecule has 1 saturated heterocycles. The Morgan fingerprint density at radius 2 is 1.85 bits per heavy atom. The fourth-order valence-electron chi connectivity index (χ4n) is 3.00. The Balaban J connectivity index is 2.83. The first-order valence-corrected chi connectivity index (χ1v) is 7.31. The Hall–Kier alpha value is -0.300. The molecule has 20 heavy (non-hydrogen) atoms. The Labute approximate surface area is 121 Å². The molecule has 1 aliphatic rings. The zero-order valence-electron chi connectivity index (χ0n) is 13.2. The van der Waals surface area contributed by atoms with Gasteiger partial charge in [-0.3, -0.25) is 0 Å². The molecule has 1 aliphatic heterocycles. The number of methoxy groups -OCH3 is 2. The Morgan fingerprint density at radius 1 is 1.20 bits per heavy atom. The quantitative estimate of drug-likeness (QED) is 0.641. The molecule has 0 amide bonds. The highest BCUT2D eigenvalue weighted by molar-refractivity contribution is 4.90. The van der Waals surface area contributed by atoms with Crippen LogP contribution < -0.4 is 0 Å². The van der Waals surface area contributed by atoms with E-state index in [1.165, 1.54) is 16.9 Å². The molecule has 1 heterocycles. The van der Waals surface area contributed by atoms with Crippen molar-refractivity contribution in [3.05, 3.63) is 0 Å². The van der Waals surface area contributed by atoms with Crippen molar-refractivity contribution in [3.63, 3.8) is 0 Å². The van der Waals surface area contributed by atoms with Crippen molar-refractivity contribution >= 4 is 0 Å². The van der Waals surface area contributed by atoms with Gasteiger partial charge in [-0.25, -0.2) is 9.80 Å². The molecule has 0 aromatic heterocycles. The van der Waals surface area contributed by atoms with E-state index in [-0.39, 0.29) is 24.6 Å². The third kappa shape index (κ3) is 3.67. The summed E-state index contributed by atoms with van der Waals surface area (Å²) in [4.78, 5) is 2.48. The molecular formula is C14H28F2N2O2. The Bertz CT molecular complexity index is 290. The topological polar surface area (TPSA) is 24.9 Å². The monoisotopic (exact) mass is 294 g/mol. The smallest absolute Gasteiger partial charge is 0.370 e. The molecule has 0 saturated carbocycles. The van der Waals surface area contributed by atoms with Crippen LogP contribution in [0.15, 0.2) is 0 Å². The molecule has 0 radical (unpaired) electrons. The van der Waals surface area contributed by atoms with Crippen molar-refractivity contribution < 1.29 is 18.3 Å². The second-order valence-electron chi connectivity index (χ2n) is 5.60. The van der Waals surface area contributed by atoms with Gasteiger partial charge in [-0.15, -0.1) is 0 Å². The fourth-order valence-corrected chi connectivity index (χ4v) is 3.00. The lowest BCUT2D eigenvalue weighted by Crippen LogP contribution is -2.55. The lowest BCUT2D eigenvalue weighted by molar-refractivity contribution is -0.236. The van der Waals surface area contributed by atoms with Crippen molar-refractivity contribution in [2.45, 2.75) is 45.5 Å². The summed E-state index contributed by atoms with van der Waals surface area (Å²) in [6, 6.07) is -0.275. The second kappa shape index (κ2) is 7.64. The molecule has 4 nitrogen and oxygen atoms in total. The lowest BCUT2D eigenvalue weighted by atomic mass is 9.96. The van der Waals surface area contributed by atoms with Gasteiger partial charge < -0.3 is 9.47 Å². The molecule has 0 N–H and O–H groups in total. The van der Waals surface area contributed by atoms with Crippen LogP contribution in [0.4, 0.5) is 8.78 Å². The van der Waals surface area contributed by atoms with Crippen molar-refractivity contribution in [3.8, 4) is 0 Å². The van der Waals surface area contributed by atoms with E-state index in [1.807, 2.05) is 20.8 Å². The Kier molecular flexibility index (Phi) is 6.78. The summed E-state index contributed by atoms with van der Waals surface area (Å²) in [7, 11) is 3.13. The minimum absolute atomic E-state index is 0.187. The van der Waals surface area contributed by atoms with Crippen molar-refractivity contribution in [2.75, 3.05) is 40.5 Å². The first kappa shape index (κ1) is 17.8. The molecular weight excluding hydrogens is 266 g/mol. The molecule has 0 aromatic carbocycles. The highest BCUT2D eigenvalue weighted by atomic mass is 19.3. The highest BCUT2D eigenvalue weighted by Crippen LogP contribution is 2.35. The summed E-state index contributed by atoms with van der Waals surface area (Å²) in [5, 5.41) is 0. The van der Waals surface area contributed by atoms with Gasteiger partial charge >= 0.3 is 6.17 Å². The summed E-state index contributed by atoms with van der Waals surface area (Å²) >= 11 is 0. The zero-order valence-corrected chi connectivity index (χ0v) is 13.2. The van der Waals surface area contributed by atoms with E-state index >= 15 is 0 Å². The SMILES string of the molecule is CCC(C(OC)C(C)C)N1CCN(CCOC)C1(F)F. The van der Waals surface area contributed by atoms with Crippen molar-refractivity contribution in [1.82, 2.24) is 9.80 Å². The van der Waals surface area contributed by atoms with Crippen LogP contribution in [0.25, 0.3) is 0 Å². The first-order chi connectivity index (χ1) is 9.39. The maximum absolute atomic E-state index is 14.5. The minimum Gasteiger partial charge on any atom is -0.383 e. The normalized spacial score (nSPS) is 23.4. The average molecular weight is 294 g/mol. The van der Waals surface area contributed by atoms with Gasteiger partial charge in [0.15, 0.2) is 0 Å². The van der Waals surface area contributed by atoms with Gasteiger partial charge in [-0.2, -0.15) is 8.78 Å². The van der Waals surface area contributed by atoms with Gasteiger partial charge in [0.2, 0.25) is 0 Å². The van der Waals surface area contributed by atoms with Crippen LogP contribution in [0.3, 0.4) is 0 Å². The van der Waals surface area contributed by atoms with Crippen molar-refractivity contribution in [2.24, 2.45) is 5.92 Å². The van der Waals surface area contributed by atoms with Crippen LogP contribution in [0.5, 0.6) is 0 Å². The van der Waals surface area contributed by atoms with Gasteiger partial charge in [0.1, 0.15) is 0 Å². The third-order valence-electron chi connectivity index (χ3n) is 4.03. The summed E-state index contributed by atoms with van der Waals surface area (Å²) in [5.41, 5.74) is 0. The van der Waals surface area contributed by atoms with Gasteiger partial charge in [0.05, 0.1) is 12.7 Å². The van der Waals surface area contributed by atoms with E-state index in [9.17, 15) is 8.78 Å². The summed E-state index contributed by atoms with van der Waals surface area (Å²) in [6.45, 7) is 7.24. The largest absolute Gasteiger partial charge is 0.383 e. The minimum atomic E-state index is -2.93. The number of ether oxygens (including phenoxy) is 2. The van der Waals surface area contributed by atoms with E-state index < -0.39 is 6.17 Å². The standard InChI is InChI=1S/C14H28F2N2O2/c1-6-12(13(20-5)11(2)3)18-8-7-17(9-10-19-4)14(18,15)16/h11-13H,6-10H2,1-5H3. The number of rotatable bonds is 8. The predicted octanol–water partition coefficient (Wildman–Crippen LogP) is 2.25. The van der Waals surface area contributed by atoms with Crippen LogP contribution >= 0.6 is 0 Å². The molecule has 1 rings (SSSR count). The predicted molar refractivity (Wildman–Crippen MR) is 74.8 cm³/mol. The van der Waals surface area contributed by atoms with Crippen LogP contribution in [0, 0.1) is 5.92 Å². The number of hydrogen-bond acceptors (Lipinski definition) is 4. The third-order valence-corrected chi connectivity index (χ3v) is 4.03. The summed E-state index contributed by atoms with van der Waals surface area (Å²) in [5.74, 6) is 0.203. The zero-order chi connectivity index (χ0) is 15.3. The van der Waals surface area contributed by atoms with Crippen LogP contribution in [0.1, 0.15) is 27.2 Å². The van der Waals surface area contributed by atoms with Crippen molar-refractivity contribution in [1.29, 1.82) is 0 Å². The molecule has 1 fully saturated rings. The van der Waals surface area contributed by atoms with Crippen LogP contribution in [-0.4, -0.2) is 68.6 Å². The molecule has 0 spiro atoms. The first-order valence-electron chi connectivity index (χ1n) is 7.31. The molecule has 0 aliphatic carbocycles. The molecule has 120 valence electrons. The summed E-state index contributed by atoms with van der Waals surface area (Å²) in [6.07, 6.45) is -2.47. The molecule has 6 heteroatoms. The number of alkyl halides is 2. The number of nitrogens with zero attached hydrogens (tertiary/aromatic N) is 2. The highest BCUT2D eigenvalue weighted by Gasteiger charge is 2.52. The van der Waals surface area contributed by atoms with E-state index in [0.717, 1.165) is 0 Å². The van der Waals surface area contributed by atoms with Gasteiger partial charge in [-0.1, -0.05) is 20.8 Å². The van der Waals surface area contributed by atoms with E-state index in [1.54, 1.807) is 7.11 Å². The van der Waals surface area contributed by atoms with Gasteiger partial charge in [0.25, 0.3) is 0 Å². The average Bonchev–Trinajstić information content (AvgIpc) is 2.68. The van der Waals surface area contributed by atoms with E-state index in [2.05, 4.69) is 0 Å². The maximum atomic E-state index is 14.5. The molecule has 2 unspecified atom stereocenters. The molecule has 0 bridgehead atoms. The van der Waals surface area contributed by atoms with Gasteiger partial charge in [-0.05, 0) is 12.3 Å². The van der Waals surface area contributed by atoms with Gasteiger partial charge in [0, 0.05) is 39.9 Å². The Morgan fingerprint density at radius 3 is 2.30 bits per heavy atom. The van der Waals surface area contributed by atoms with Crippen LogP contribution in [0.2, 0.25) is 0 Å². The molecule has 2 atom stereocenters. The van der Waals surface area contributed by atoms with E-state index in [4.69, 9.17) is 9.47 Å². The fraction of sp³-hybridized carbons (Fsp3) is 1.00. The number of halogens is 2. The van der Waals surface area contributed by atoms with E-state index in [0.29, 0.717) is 26.1 Å². The molecule has 0 aromatic rings. The number of hydrogen-bond donors (Lipinski definition) is 0. The lowest BCUT2D eigenvalue weighted by Gasteiger charge is -2.39. The van der Waals surface area contributed by atoms with Crippen LogP contribution in [-0.2, 0) is 9.47 Å². The maximum Gasteiger partial charge on any atom is 0.370 e. The summed E-state index contributed by atoms with van der Waals surface area (Å²) < 4.78 is 39.4. The second-order valence-corrected chi connectivity index (χ2v) is 5.60.